The number of nitrogens with zero attached hydrogens (tertiary/aromatic N) is 2. The molecule has 0 aliphatic carbocycles. The van der Waals surface area contributed by atoms with E-state index >= 15 is 0 Å². The highest BCUT2D eigenvalue weighted by molar-refractivity contribution is 6.32. The predicted molar refractivity (Wildman–Crippen MR) is 142 cm³/mol. The first-order valence-electron chi connectivity index (χ1n) is 13.0. The monoisotopic (exact) mass is 564 g/mol. The number of methoxy groups -OCH3 is 1. The lowest BCUT2D eigenvalue weighted by Gasteiger charge is -2.41. The van der Waals surface area contributed by atoms with Gasteiger partial charge in [0, 0.05) is 17.1 Å². The topological polar surface area (TPSA) is 82.9 Å². The summed E-state index contributed by atoms with van der Waals surface area (Å²) < 4.78 is 45.5. The van der Waals surface area contributed by atoms with Crippen molar-refractivity contribution in [1.82, 2.24) is 9.88 Å². The number of halogens is 4. The number of piperidine rings is 1. The first-order chi connectivity index (χ1) is 18.6. The zero-order valence-corrected chi connectivity index (χ0v) is 22.5. The Morgan fingerprint density at radius 2 is 1.87 bits per heavy atom. The highest BCUT2D eigenvalue weighted by atomic mass is 35.5. The average molecular weight is 565 g/mol. The van der Waals surface area contributed by atoms with Gasteiger partial charge in [-0.3, -0.25) is 9.78 Å². The quantitative estimate of drug-likeness (QED) is 0.265. The second-order valence-corrected chi connectivity index (χ2v) is 10.8. The van der Waals surface area contributed by atoms with Crippen LogP contribution in [-0.4, -0.2) is 52.8 Å². The van der Waals surface area contributed by atoms with Crippen LogP contribution in [0.3, 0.4) is 0 Å². The Labute approximate surface area is 230 Å². The van der Waals surface area contributed by atoms with Crippen LogP contribution < -0.4 is 4.74 Å². The van der Waals surface area contributed by atoms with Crippen LogP contribution in [-0.2, 0) is 11.2 Å². The number of carboxylic acids is 1. The molecule has 2 N–H and O–H groups in total. The maximum absolute atomic E-state index is 13.5. The number of aryl methyl sites for hydroxylation is 1. The number of benzene rings is 2. The summed E-state index contributed by atoms with van der Waals surface area (Å²) in [4.78, 5) is 18.3. The van der Waals surface area contributed by atoms with Crippen LogP contribution in [0.15, 0.2) is 36.5 Å². The molecule has 1 saturated heterocycles. The van der Waals surface area contributed by atoms with E-state index in [2.05, 4.69) is 9.88 Å². The normalized spacial score (nSPS) is 16.4. The molecule has 210 valence electrons. The Balaban J connectivity index is 1.38. The van der Waals surface area contributed by atoms with Gasteiger partial charge in [0.1, 0.15) is 5.75 Å². The van der Waals surface area contributed by atoms with E-state index in [1.54, 1.807) is 25.3 Å². The van der Waals surface area contributed by atoms with Crippen molar-refractivity contribution in [2.75, 3.05) is 26.7 Å². The van der Waals surface area contributed by atoms with Gasteiger partial charge >= 0.3 is 5.97 Å². The van der Waals surface area contributed by atoms with Crippen LogP contribution in [0.1, 0.15) is 55.8 Å². The van der Waals surface area contributed by atoms with Gasteiger partial charge in [-0.2, -0.15) is 0 Å². The van der Waals surface area contributed by atoms with Crippen molar-refractivity contribution in [2.24, 2.45) is 5.41 Å². The number of hydrogen-bond donors (Lipinski definition) is 2. The van der Waals surface area contributed by atoms with Gasteiger partial charge in [-0.15, -0.1) is 0 Å². The number of aliphatic hydroxyl groups is 1. The number of aliphatic carboxylic acids is 1. The van der Waals surface area contributed by atoms with Crippen molar-refractivity contribution in [1.29, 1.82) is 0 Å². The predicted octanol–water partition coefficient (Wildman–Crippen LogP) is 6.32. The Kier molecular flexibility index (Phi) is 9.35. The van der Waals surface area contributed by atoms with Gasteiger partial charge < -0.3 is 19.8 Å². The number of fused-ring (bicyclic) bond motifs is 1. The van der Waals surface area contributed by atoms with Crippen molar-refractivity contribution in [3.63, 3.8) is 0 Å². The summed E-state index contributed by atoms with van der Waals surface area (Å²) in [5.74, 6) is -4.11. The fourth-order valence-corrected chi connectivity index (χ4v) is 5.84. The van der Waals surface area contributed by atoms with Gasteiger partial charge in [0.15, 0.2) is 17.5 Å². The number of carboxylic acid groups (broad SMARTS) is 1. The third-order valence-corrected chi connectivity index (χ3v) is 8.08. The molecule has 39 heavy (non-hydrogen) atoms. The van der Waals surface area contributed by atoms with Crippen molar-refractivity contribution in [2.45, 2.75) is 51.0 Å². The van der Waals surface area contributed by atoms with E-state index in [0.717, 1.165) is 12.1 Å². The van der Waals surface area contributed by atoms with E-state index in [0.29, 0.717) is 91.0 Å². The van der Waals surface area contributed by atoms with E-state index in [9.17, 15) is 28.2 Å². The number of aromatic nitrogens is 1. The van der Waals surface area contributed by atoms with E-state index < -0.39 is 34.9 Å². The van der Waals surface area contributed by atoms with Gasteiger partial charge in [0.05, 0.1) is 30.2 Å². The van der Waals surface area contributed by atoms with Crippen LogP contribution in [0.25, 0.3) is 10.9 Å². The van der Waals surface area contributed by atoms with Crippen molar-refractivity contribution in [3.8, 4) is 5.75 Å². The molecule has 0 amide bonds. The number of rotatable bonds is 11. The summed E-state index contributed by atoms with van der Waals surface area (Å²) >= 11 is 6.45. The van der Waals surface area contributed by atoms with Crippen LogP contribution >= 0.6 is 11.6 Å². The van der Waals surface area contributed by atoms with E-state index in [1.165, 1.54) is 6.20 Å². The lowest BCUT2D eigenvalue weighted by atomic mass is 9.71. The molecule has 1 aromatic heterocycles. The van der Waals surface area contributed by atoms with Gasteiger partial charge in [-0.1, -0.05) is 11.6 Å². The summed E-state index contributed by atoms with van der Waals surface area (Å²) in [6, 6.07) is 7.40. The van der Waals surface area contributed by atoms with E-state index in [4.69, 9.17) is 16.3 Å². The van der Waals surface area contributed by atoms with Gasteiger partial charge in [-0.05, 0) is 99.5 Å². The van der Waals surface area contributed by atoms with Gasteiger partial charge in [0.25, 0.3) is 0 Å². The van der Waals surface area contributed by atoms with Crippen molar-refractivity contribution in [3.05, 3.63) is 70.1 Å². The molecule has 3 aromatic rings. The lowest BCUT2D eigenvalue weighted by Crippen LogP contribution is -2.41. The minimum atomic E-state index is -1.46. The molecule has 6 nitrogen and oxygen atoms in total. The molecular formula is C29H32ClF3N2O4. The second-order valence-electron chi connectivity index (χ2n) is 10.3. The molecule has 0 unspecified atom stereocenters. The Morgan fingerprint density at radius 1 is 1.18 bits per heavy atom. The Bertz CT molecular complexity index is 1310. The molecule has 1 aliphatic heterocycles. The Hall–Kier alpha value is -2.88. The minimum Gasteiger partial charge on any atom is -0.497 e. The fourth-order valence-electron chi connectivity index (χ4n) is 5.57. The first-order valence-corrected chi connectivity index (χ1v) is 13.4. The molecule has 2 aromatic carbocycles. The SMILES string of the molecule is COc1ccc2ncc(Cl)c([C@H](O)CCC3(CC(=O)O)CCN(CCCc4cc(F)c(F)c(F)c4)CC3)c2c1. The van der Waals surface area contributed by atoms with Gasteiger partial charge in [-0.25, -0.2) is 13.2 Å². The fraction of sp³-hybridized carbons (Fsp3) is 0.448. The number of pyridine rings is 1. The standard InChI is InChI=1S/C29H32ClF3N2O4/c1-39-19-4-5-24-20(15-19)27(21(30)17-34-24)25(36)6-7-29(16-26(37)38)8-11-35(12-9-29)10-2-3-18-13-22(31)28(33)23(32)14-18/h4-5,13-15,17,25,36H,2-3,6-12,16H2,1H3,(H,37,38)/t25-/m1/s1. The number of hydrogen-bond acceptors (Lipinski definition) is 5. The molecule has 1 aliphatic rings. The molecule has 0 spiro atoms. The summed E-state index contributed by atoms with van der Waals surface area (Å²) in [7, 11) is 1.56. The third-order valence-electron chi connectivity index (χ3n) is 7.78. The molecule has 0 saturated carbocycles. The maximum atomic E-state index is 13.5. The van der Waals surface area contributed by atoms with Crippen LogP contribution in [0.4, 0.5) is 13.2 Å². The molecule has 0 radical (unpaired) electrons. The Morgan fingerprint density at radius 3 is 2.51 bits per heavy atom. The number of carbonyl (C=O) groups is 1. The second kappa shape index (κ2) is 12.5. The maximum Gasteiger partial charge on any atom is 0.303 e. The van der Waals surface area contributed by atoms with Crippen LogP contribution in [0.5, 0.6) is 5.75 Å². The van der Waals surface area contributed by atoms with E-state index in [1.807, 2.05) is 0 Å². The first kappa shape index (κ1) is 29.1. The zero-order valence-electron chi connectivity index (χ0n) is 21.7. The molecule has 1 fully saturated rings. The highest BCUT2D eigenvalue weighted by Gasteiger charge is 2.37. The lowest BCUT2D eigenvalue weighted by molar-refractivity contribution is -0.141. The highest BCUT2D eigenvalue weighted by Crippen LogP contribution is 2.43. The molecule has 10 heteroatoms. The van der Waals surface area contributed by atoms with Gasteiger partial charge in [0.2, 0.25) is 0 Å². The molecule has 0 bridgehead atoms. The summed E-state index contributed by atoms with van der Waals surface area (Å²) in [6.45, 7) is 2.02. The molecular weight excluding hydrogens is 533 g/mol. The summed E-state index contributed by atoms with van der Waals surface area (Å²) in [5, 5.41) is 21.9. The molecule has 2 heterocycles. The number of likely N-dealkylation sites (tertiary alicyclic amines) is 1. The van der Waals surface area contributed by atoms with Crippen LogP contribution in [0, 0.1) is 22.9 Å². The number of ether oxygens (including phenoxy) is 1. The summed E-state index contributed by atoms with van der Waals surface area (Å²) in [5.41, 5.74) is 1.16. The number of aliphatic hydroxyl groups excluding tert-OH is 1. The molecule has 1 atom stereocenters. The van der Waals surface area contributed by atoms with Crippen LogP contribution in [0.2, 0.25) is 5.02 Å². The minimum absolute atomic E-state index is 0.000338. The zero-order chi connectivity index (χ0) is 28.2. The summed E-state index contributed by atoms with van der Waals surface area (Å²) in [6.07, 6.45) is 3.77. The van der Waals surface area contributed by atoms with Crippen molar-refractivity contribution < 1.29 is 32.9 Å². The average Bonchev–Trinajstić information content (AvgIpc) is 2.90. The van der Waals surface area contributed by atoms with E-state index in [-0.39, 0.29) is 6.42 Å². The molecule has 4 rings (SSSR count). The smallest absolute Gasteiger partial charge is 0.303 e. The van der Waals surface area contributed by atoms with Crippen molar-refractivity contribution >= 4 is 28.5 Å². The third kappa shape index (κ3) is 7.01. The largest absolute Gasteiger partial charge is 0.497 e.